The highest BCUT2D eigenvalue weighted by Gasteiger charge is 2.35. The highest BCUT2D eigenvalue weighted by molar-refractivity contribution is 6.36. The predicted molar refractivity (Wildman–Crippen MR) is 108 cm³/mol. The summed E-state index contributed by atoms with van der Waals surface area (Å²) in [5.74, 6) is -0.148. The number of fused-ring (bicyclic) bond motifs is 2. The zero-order valence-electron chi connectivity index (χ0n) is 16.2. The average Bonchev–Trinajstić information content (AvgIpc) is 3.17. The molecule has 2 atom stereocenters. The van der Waals surface area contributed by atoms with Crippen molar-refractivity contribution >= 4 is 22.9 Å². The molecule has 29 heavy (non-hydrogen) atoms. The summed E-state index contributed by atoms with van der Waals surface area (Å²) in [7, 11) is 0. The van der Waals surface area contributed by atoms with Crippen molar-refractivity contribution in [3.05, 3.63) is 64.5 Å². The minimum Gasteiger partial charge on any atom is -0.484 e. The van der Waals surface area contributed by atoms with E-state index < -0.39 is 0 Å². The van der Waals surface area contributed by atoms with Crippen LogP contribution in [0.25, 0.3) is 11.3 Å². The van der Waals surface area contributed by atoms with E-state index in [1.165, 1.54) is 12.1 Å². The van der Waals surface area contributed by atoms with E-state index in [9.17, 15) is 14.3 Å². The molecule has 5 rings (SSSR count). The van der Waals surface area contributed by atoms with Crippen LogP contribution in [0.5, 0.6) is 0 Å². The third kappa shape index (κ3) is 3.22. The number of nitrogens with one attached hydrogen (secondary N) is 1. The van der Waals surface area contributed by atoms with Gasteiger partial charge < -0.3 is 15.2 Å². The lowest BCUT2D eigenvalue weighted by molar-refractivity contribution is -0.110. The molecule has 2 N–H and O–H groups in total. The van der Waals surface area contributed by atoms with E-state index in [0.29, 0.717) is 29.1 Å². The molecule has 0 spiro atoms. The van der Waals surface area contributed by atoms with Crippen LogP contribution in [0.4, 0.5) is 10.1 Å². The Labute approximate surface area is 168 Å². The van der Waals surface area contributed by atoms with Gasteiger partial charge in [0.15, 0.2) is 0 Å². The maximum atomic E-state index is 13.8. The molecule has 6 heteroatoms. The fraction of sp³-hybridized carbons (Fsp3) is 0.348. The molecule has 3 aliphatic rings. The molecule has 1 fully saturated rings. The summed E-state index contributed by atoms with van der Waals surface area (Å²) in [6.07, 6.45) is 1.43. The van der Waals surface area contributed by atoms with Gasteiger partial charge >= 0.3 is 0 Å². The molecule has 0 aliphatic carbocycles. The number of anilines is 1. The number of halogens is 1. The second kappa shape index (κ2) is 6.97. The molecule has 2 aromatic rings. The molecule has 0 bridgehead atoms. The van der Waals surface area contributed by atoms with Gasteiger partial charge in [0.05, 0.1) is 11.7 Å². The van der Waals surface area contributed by atoms with Gasteiger partial charge in [-0.05, 0) is 50.1 Å². The van der Waals surface area contributed by atoms with Crippen molar-refractivity contribution in [2.45, 2.75) is 38.5 Å². The van der Waals surface area contributed by atoms with Crippen LogP contribution in [0, 0.1) is 5.82 Å². The van der Waals surface area contributed by atoms with Crippen molar-refractivity contribution in [1.29, 1.82) is 0 Å². The van der Waals surface area contributed by atoms with Crippen molar-refractivity contribution in [2.24, 2.45) is 0 Å². The highest BCUT2D eigenvalue weighted by Crippen LogP contribution is 2.45. The lowest BCUT2D eigenvalue weighted by Crippen LogP contribution is -2.37. The van der Waals surface area contributed by atoms with Crippen molar-refractivity contribution in [1.82, 2.24) is 4.90 Å². The quantitative estimate of drug-likeness (QED) is 0.763. The first kappa shape index (κ1) is 18.3. The first-order valence-corrected chi connectivity index (χ1v) is 10.1. The van der Waals surface area contributed by atoms with E-state index in [-0.39, 0.29) is 23.9 Å². The Kier molecular flexibility index (Phi) is 4.41. The number of ether oxygens (including phenoxy) is 1. The number of benzene rings is 2. The predicted octanol–water partition coefficient (Wildman–Crippen LogP) is 3.69. The SMILES string of the molecule is CC1O/C(=C2/C(=O)Nc3ccc(F)cc32)c2ccc(CN3CCCC(O)C3)cc21. The zero-order valence-corrected chi connectivity index (χ0v) is 16.2. The lowest BCUT2D eigenvalue weighted by Gasteiger charge is -2.30. The van der Waals surface area contributed by atoms with Crippen molar-refractivity contribution in [3.8, 4) is 0 Å². The Morgan fingerprint density at radius 2 is 2.10 bits per heavy atom. The van der Waals surface area contributed by atoms with Crippen molar-refractivity contribution < 1.29 is 19.0 Å². The van der Waals surface area contributed by atoms with Gasteiger partial charge in [0.1, 0.15) is 17.7 Å². The van der Waals surface area contributed by atoms with E-state index in [0.717, 1.165) is 42.6 Å². The standard InChI is InChI=1S/C23H23FN2O3/c1-13-18-9-14(11-26-8-2-3-16(27)12-26)4-6-17(18)22(29-13)21-19-10-15(24)5-7-20(19)25-23(21)28/h4-7,9-10,13,16,27H,2-3,8,11-12H2,1H3,(H,25,28)/b22-21+. The lowest BCUT2D eigenvalue weighted by atomic mass is 9.97. The van der Waals surface area contributed by atoms with Gasteiger partial charge in [-0.1, -0.05) is 18.2 Å². The van der Waals surface area contributed by atoms with E-state index in [1.54, 1.807) is 6.07 Å². The maximum Gasteiger partial charge on any atom is 0.260 e. The summed E-state index contributed by atoms with van der Waals surface area (Å²) < 4.78 is 19.9. The second-order valence-electron chi connectivity index (χ2n) is 8.06. The van der Waals surface area contributed by atoms with E-state index in [1.807, 2.05) is 19.1 Å². The molecule has 1 amide bonds. The van der Waals surface area contributed by atoms with Crippen LogP contribution < -0.4 is 5.32 Å². The molecular weight excluding hydrogens is 371 g/mol. The van der Waals surface area contributed by atoms with Gasteiger partial charge in [-0.15, -0.1) is 0 Å². The van der Waals surface area contributed by atoms with Gasteiger partial charge in [0, 0.05) is 35.5 Å². The normalized spacial score (nSPS) is 26.1. The summed E-state index contributed by atoms with van der Waals surface area (Å²) in [5, 5.41) is 12.7. The number of rotatable bonds is 2. The molecule has 150 valence electrons. The van der Waals surface area contributed by atoms with Crippen LogP contribution in [0.15, 0.2) is 36.4 Å². The number of nitrogens with zero attached hydrogens (tertiary/aromatic N) is 1. The number of hydrogen-bond donors (Lipinski definition) is 2. The average molecular weight is 394 g/mol. The first-order chi connectivity index (χ1) is 14.0. The number of aliphatic hydroxyl groups is 1. The Bertz CT molecular complexity index is 1030. The summed E-state index contributed by atoms with van der Waals surface area (Å²) in [5.41, 5.74) is 4.58. The monoisotopic (exact) mass is 394 g/mol. The molecule has 0 radical (unpaired) electrons. The highest BCUT2D eigenvalue weighted by atomic mass is 19.1. The van der Waals surface area contributed by atoms with Crippen molar-refractivity contribution in [3.63, 3.8) is 0 Å². The fourth-order valence-electron chi connectivity index (χ4n) is 4.55. The molecule has 0 aromatic heterocycles. The number of amides is 1. The van der Waals surface area contributed by atoms with E-state index in [2.05, 4.69) is 16.3 Å². The summed E-state index contributed by atoms with van der Waals surface area (Å²) in [4.78, 5) is 14.9. The minimum atomic E-state index is -0.385. The Hall–Kier alpha value is -2.70. The summed E-state index contributed by atoms with van der Waals surface area (Å²) in [6, 6.07) is 10.4. The first-order valence-electron chi connectivity index (χ1n) is 10.1. The Morgan fingerprint density at radius 3 is 2.93 bits per heavy atom. The summed E-state index contributed by atoms with van der Waals surface area (Å²) >= 11 is 0. The fourth-order valence-corrected chi connectivity index (χ4v) is 4.55. The van der Waals surface area contributed by atoms with Crippen LogP contribution >= 0.6 is 0 Å². The molecule has 2 aromatic carbocycles. The maximum absolute atomic E-state index is 13.8. The van der Waals surface area contributed by atoms with Gasteiger partial charge in [-0.25, -0.2) is 4.39 Å². The Morgan fingerprint density at radius 1 is 1.24 bits per heavy atom. The number of piperidine rings is 1. The van der Waals surface area contributed by atoms with Gasteiger partial charge in [-0.2, -0.15) is 0 Å². The topological polar surface area (TPSA) is 61.8 Å². The van der Waals surface area contributed by atoms with Crippen LogP contribution in [0.3, 0.4) is 0 Å². The second-order valence-corrected chi connectivity index (χ2v) is 8.06. The van der Waals surface area contributed by atoms with E-state index >= 15 is 0 Å². The van der Waals surface area contributed by atoms with Gasteiger partial charge in [0.25, 0.3) is 5.91 Å². The third-order valence-corrected chi connectivity index (χ3v) is 5.93. The number of aliphatic hydroxyl groups excluding tert-OH is 1. The smallest absolute Gasteiger partial charge is 0.260 e. The number of carbonyl (C=O) groups excluding carboxylic acids is 1. The van der Waals surface area contributed by atoms with Crippen LogP contribution in [-0.2, 0) is 16.1 Å². The van der Waals surface area contributed by atoms with Crippen LogP contribution in [0.1, 0.15) is 48.1 Å². The number of hydrogen-bond acceptors (Lipinski definition) is 4. The molecule has 2 unspecified atom stereocenters. The van der Waals surface area contributed by atoms with Crippen molar-refractivity contribution in [2.75, 3.05) is 18.4 Å². The number of β-amino-alcohol motifs (C(OH)–C–C–N with tert-alkyl or cyclic N) is 1. The third-order valence-electron chi connectivity index (χ3n) is 5.93. The van der Waals surface area contributed by atoms with Crippen LogP contribution in [0.2, 0.25) is 0 Å². The van der Waals surface area contributed by atoms with Gasteiger partial charge in [-0.3, -0.25) is 9.69 Å². The molecule has 5 nitrogen and oxygen atoms in total. The number of carbonyl (C=O) groups is 1. The molecule has 0 saturated carbocycles. The summed E-state index contributed by atoms with van der Waals surface area (Å²) in [6.45, 7) is 4.41. The molecule has 3 aliphatic heterocycles. The van der Waals surface area contributed by atoms with Crippen LogP contribution in [-0.4, -0.2) is 35.1 Å². The molecule has 3 heterocycles. The molecule has 1 saturated heterocycles. The largest absolute Gasteiger partial charge is 0.484 e. The minimum absolute atomic E-state index is 0.190. The Balaban J connectivity index is 1.51. The van der Waals surface area contributed by atoms with Gasteiger partial charge in [0.2, 0.25) is 0 Å². The zero-order chi connectivity index (χ0) is 20.1. The van der Waals surface area contributed by atoms with E-state index in [4.69, 9.17) is 4.74 Å². The number of likely N-dealkylation sites (tertiary alicyclic amines) is 1. The molecular formula is C23H23FN2O3.